The molecule has 4 nitrogen and oxygen atoms in total. The van der Waals surface area contributed by atoms with Gasteiger partial charge in [-0.05, 0) is 31.7 Å². The van der Waals surface area contributed by atoms with Gasteiger partial charge in [-0.2, -0.15) is 0 Å². The fourth-order valence-electron chi connectivity index (χ4n) is 1.53. The van der Waals surface area contributed by atoms with Gasteiger partial charge in [0.25, 0.3) is 0 Å². The Morgan fingerprint density at radius 3 is 2.42 bits per heavy atom. The predicted octanol–water partition coefficient (Wildman–Crippen LogP) is 3.49. The minimum Gasteiger partial charge on any atom is -0.242 e. The highest BCUT2D eigenvalue weighted by molar-refractivity contribution is 7.89. The maximum Gasteiger partial charge on any atom is 0.242 e. The summed E-state index contributed by atoms with van der Waals surface area (Å²) in [6.07, 6.45) is 2.95. The number of sulfonamides is 1. The number of halogens is 2. The van der Waals surface area contributed by atoms with Crippen molar-refractivity contribution in [2.45, 2.75) is 44.6 Å². The number of hydrogen-bond acceptors (Lipinski definition) is 3. The van der Waals surface area contributed by atoms with Crippen molar-refractivity contribution in [1.29, 1.82) is 0 Å². The molecule has 0 amide bonds. The second-order valence-corrected chi connectivity index (χ2v) is 7.42. The first-order chi connectivity index (χ1) is 8.72. The second kappa shape index (κ2) is 6.88. The van der Waals surface area contributed by atoms with E-state index in [1.54, 1.807) is 0 Å². The van der Waals surface area contributed by atoms with Crippen molar-refractivity contribution in [2.75, 3.05) is 0 Å². The Balaban J connectivity index is 2.77. The Kier molecular flexibility index (Phi) is 6.05. The van der Waals surface area contributed by atoms with Crippen LogP contribution in [-0.2, 0) is 10.0 Å². The van der Waals surface area contributed by atoms with Crippen LogP contribution in [0.25, 0.3) is 0 Å². The van der Waals surface area contributed by atoms with E-state index in [2.05, 4.69) is 23.6 Å². The summed E-state index contributed by atoms with van der Waals surface area (Å²) in [6, 6.07) is 1.16. The van der Waals surface area contributed by atoms with E-state index in [0.717, 1.165) is 12.8 Å². The molecule has 7 heteroatoms. The number of rotatable bonds is 6. The zero-order valence-electron chi connectivity index (χ0n) is 11.2. The topological polar surface area (TPSA) is 59.1 Å². The van der Waals surface area contributed by atoms with E-state index in [9.17, 15) is 8.42 Å². The number of nitrogens with zero attached hydrogens (tertiary/aromatic N) is 1. The molecule has 1 heterocycles. The molecule has 1 aromatic heterocycles. The van der Waals surface area contributed by atoms with Crippen molar-refractivity contribution in [3.8, 4) is 0 Å². The van der Waals surface area contributed by atoms with Crippen molar-refractivity contribution < 1.29 is 8.42 Å². The van der Waals surface area contributed by atoms with E-state index < -0.39 is 10.0 Å². The molecule has 0 radical (unpaired) electrons. The first-order valence-corrected chi connectivity index (χ1v) is 8.29. The van der Waals surface area contributed by atoms with Gasteiger partial charge >= 0.3 is 0 Å². The monoisotopic (exact) mass is 324 g/mol. The molecule has 1 aromatic rings. The second-order valence-electron chi connectivity index (χ2n) is 4.94. The molecule has 0 saturated carbocycles. The molecule has 19 heavy (non-hydrogen) atoms. The number of nitrogens with one attached hydrogen (secondary N) is 1. The van der Waals surface area contributed by atoms with E-state index in [4.69, 9.17) is 23.2 Å². The summed E-state index contributed by atoms with van der Waals surface area (Å²) in [7, 11) is -3.60. The largest absolute Gasteiger partial charge is 0.242 e. The van der Waals surface area contributed by atoms with Gasteiger partial charge < -0.3 is 0 Å². The molecule has 0 saturated heterocycles. The first-order valence-electron chi connectivity index (χ1n) is 6.05. The van der Waals surface area contributed by atoms with Gasteiger partial charge in [0, 0.05) is 12.2 Å². The highest BCUT2D eigenvalue weighted by Crippen LogP contribution is 2.22. The summed E-state index contributed by atoms with van der Waals surface area (Å²) < 4.78 is 26.8. The van der Waals surface area contributed by atoms with Gasteiger partial charge in [0.05, 0.1) is 5.02 Å². The predicted molar refractivity (Wildman–Crippen MR) is 78.1 cm³/mol. The molecule has 1 N–H and O–H groups in total. The quantitative estimate of drug-likeness (QED) is 0.815. The van der Waals surface area contributed by atoms with Gasteiger partial charge in [0.15, 0.2) is 0 Å². The van der Waals surface area contributed by atoms with Gasteiger partial charge in [0.2, 0.25) is 10.0 Å². The lowest BCUT2D eigenvalue weighted by Gasteiger charge is -2.15. The molecule has 0 aliphatic carbocycles. The SMILES string of the molecule is CC(C)CCC(C)NS(=O)(=O)c1cnc(Cl)c(Cl)c1. The van der Waals surface area contributed by atoms with Crippen molar-refractivity contribution in [1.82, 2.24) is 9.71 Å². The third-order valence-corrected chi connectivity index (χ3v) is 4.86. The van der Waals surface area contributed by atoms with Gasteiger partial charge in [-0.3, -0.25) is 0 Å². The average Bonchev–Trinajstić information content (AvgIpc) is 2.29. The Morgan fingerprint density at radius 1 is 1.26 bits per heavy atom. The van der Waals surface area contributed by atoms with Crippen molar-refractivity contribution in [3.63, 3.8) is 0 Å². The van der Waals surface area contributed by atoms with Crippen LogP contribution in [0.2, 0.25) is 10.2 Å². The molecule has 1 rings (SSSR count). The Hall–Kier alpha value is -0.360. The van der Waals surface area contributed by atoms with Gasteiger partial charge in [-0.25, -0.2) is 18.1 Å². The van der Waals surface area contributed by atoms with Gasteiger partial charge in [0.1, 0.15) is 10.0 Å². The van der Waals surface area contributed by atoms with Crippen LogP contribution in [0.1, 0.15) is 33.6 Å². The summed E-state index contributed by atoms with van der Waals surface area (Å²) in [5, 5.41) is 0.216. The third kappa shape index (κ3) is 5.26. The zero-order valence-corrected chi connectivity index (χ0v) is 13.5. The van der Waals surface area contributed by atoms with Crippen LogP contribution in [-0.4, -0.2) is 19.4 Å². The number of pyridine rings is 1. The van der Waals surface area contributed by atoms with Crippen LogP contribution in [0.5, 0.6) is 0 Å². The summed E-state index contributed by atoms with van der Waals surface area (Å²) in [6.45, 7) is 6.04. The molecule has 1 unspecified atom stereocenters. The first kappa shape index (κ1) is 16.7. The molecule has 108 valence electrons. The minimum atomic E-state index is -3.60. The number of hydrogen-bond donors (Lipinski definition) is 1. The van der Waals surface area contributed by atoms with Crippen molar-refractivity contribution in [2.24, 2.45) is 5.92 Å². The van der Waals surface area contributed by atoms with Crippen LogP contribution in [0.3, 0.4) is 0 Å². The van der Waals surface area contributed by atoms with Gasteiger partial charge in [-0.1, -0.05) is 37.0 Å². The maximum atomic E-state index is 12.1. The third-order valence-electron chi connectivity index (χ3n) is 2.61. The Labute approximate surface area is 124 Å². The highest BCUT2D eigenvalue weighted by atomic mass is 35.5. The van der Waals surface area contributed by atoms with Crippen LogP contribution in [0.15, 0.2) is 17.2 Å². The summed E-state index contributed by atoms with van der Waals surface area (Å²) in [5.41, 5.74) is 0. The smallest absolute Gasteiger partial charge is 0.242 e. The van der Waals surface area contributed by atoms with Crippen LogP contribution >= 0.6 is 23.2 Å². The fourth-order valence-corrected chi connectivity index (χ4v) is 3.11. The van der Waals surface area contributed by atoms with Crippen molar-refractivity contribution in [3.05, 3.63) is 22.4 Å². The lowest BCUT2D eigenvalue weighted by molar-refractivity contribution is 0.485. The van der Waals surface area contributed by atoms with Crippen LogP contribution in [0, 0.1) is 5.92 Å². The van der Waals surface area contributed by atoms with E-state index in [-0.39, 0.29) is 21.1 Å². The Bertz CT molecular complexity index is 533. The van der Waals surface area contributed by atoms with E-state index in [0.29, 0.717) is 5.92 Å². The highest BCUT2D eigenvalue weighted by Gasteiger charge is 2.19. The molecule has 0 aliphatic rings. The van der Waals surface area contributed by atoms with E-state index >= 15 is 0 Å². The lowest BCUT2D eigenvalue weighted by Crippen LogP contribution is -2.32. The molecular weight excluding hydrogens is 307 g/mol. The fraction of sp³-hybridized carbons (Fsp3) is 0.583. The zero-order chi connectivity index (χ0) is 14.6. The minimum absolute atomic E-state index is 0.0262. The molecule has 0 fully saturated rings. The normalized spacial score (nSPS) is 13.8. The molecule has 1 atom stereocenters. The van der Waals surface area contributed by atoms with Crippen LogP contribution in [0.4, 0.5) is 0 Å². The molecule has 0 spiro atoms. The summed E-state index contributed by atoms with van der Waals surface area (Å²) in [4.78, 5) is 3.77. The van der Waals surface area contributed by atoms with E-state index in [1.807, 2.05) is 6.92 Å². The number of aromatic nitrogens is 1. The average molecular weight is 325 g/mol. The molecule has 0 aliphatic heterocycles. The lowest BCUT2D eigenvalue weighted by atomic mass is 10.1. The molecule has 0 aromatic carbocycles. The molecular formula is C12H18Cl2N2O2S. The maximum absolute atomic E-state index is 12.1. The van der Waals surface area contributed by atoms with Crippen molar-refractivity contribution >= 4 is 33.2 Å². The molecule has 0 bridgehead atoms. The van der Waals surface area contributed by atoms with Crippen LogP contribution < -0.4 is 4.72 Å². The summed E-state index contributed by atoms with van der Waals surface area (Å²) in [5.74, 6) is 0.540. The van der Waals surface area contributed by atoms with E-state index in [1.165, 1.54) is 12.3 Å². The standard InChI is InChI=1S/C12H18Cl2N2O2S/c1-8(2)4-5-9(3)16-19(17,18)10-6-11(13)12(14)15-7-10/h6-9,16H,4-5H2,1-3H3. The Morgan fingerprint density at radius 2 is 1.89 bits per heavy atom. The summed E-state index contributed by atoms with van der Waals surface area (Å²) >= 11 is 11.4. The van der Waals surface area contributed by atoms with Gasteiger partial charge in [-0.15, -0.1) is 0 Å².